The molecule has 230 valence electrons. The van der Waals surface area contributed by atoms with Crippen molar-refractivity contribution in [2.24, 2.45) is 0 Å². The summed E-state index contributed by atoms with van der Waals surface area (Å²) in [4.78, 5) is 41.5. The number of rotatable bonds is 6. The number of fused-ring (bicyclic) bond motifs is 3. The molecule has 0 saturated carbocycles. The zero-order chi connectivity index (χ0) is 31.2. The van der Waals surface area contributed by atoms with Crippen LogP contribution in [0.5, 0.6) is 11.5 Å². The predicted molar refractivity (Wildman–Crippen MR) is 163 cm³/mol. The molecular weight excluding hydrogens is 570 g/mol. The Kier molecular flexibility index (Phi) is 9.20. The Morgan fingerprint density at radius 3 is 1.98 bits per heavy atom. The zero-order valence-electron chi connectivity index (χ0n) is 24.1. The molecule has 0 saturated heterocycles. The molecule has 2 heterocycles. The van der Waals surface area contributed by atoms with Crippen LogP contribution in [0.1, 0.15) is 15.9 Å². The van der Waals surface area contributed by atoms with Gasteiger partial charge in [-0.1, -0.05) is 18.2 Å². The normalized spacial score (nSPS) is 14.4. The van der Waals surface area contributed by atoms with Crippen LogP contribution in [0.2, 0.25) is 0 Å². The van der Waals surface area contributed by atoms with Gasteiger partial charge in [-0.05, 0) is 55.0 Å². The topological polar surface area (TPSA) is 162 Å². The second-order valence-electron chi connectivity index (χ2n) is 10.4. The third-order valence-corrected chi connectivity index (χ3v) is 7.20. The van der Waals surface area contributed by atoms with Crippen molar-refractivity contribution in [1.82, 2.24) is 4.98 Å². The van der Waals surface area contributed by atoms with E-state index >= 15 is 0 Å². The average Bonchev–Trinajstić information content (AvgIpc) is 3.41. The van der Waals surface area contributed by atoms with Gasteiger partial charge in [-0.25, -0.2) is 4.79 Å². The molecule has 0 unspecified atom stereocenters. The summed E-state index contributed by atoms with van der Waals surface area (Å²) in [5, 5.41) is 29.4. The van der Waals surface area contributed by atoms with Crippen molar-refractivity contribution >= 4 is 40.2 Å². The molecule has 0 spiro atoms. The lowest BCUT2D eigenvalue weighted by atomic mass is 10.1. The van der Waals surface area contributed by atoms with Gasteiger partial charge in [-0.2, -0.15) is 0 Å². The van der Waals surface area contributed by atoms with Crippen molar-refractivity contribution in [1.29, 1.82) is 0 Å². The number of hydrogen-bond acceptors (Lipinski definition) is 8. The molecular formula is C32H33N3O9. The molecule has 0 fully saturated rings. The van der Waals surface area contributed by atoms with Crippen molar-refractivity contribution in [2.45, 2.75) is 6.92 Å². The van der Waals surface area contributed by atoms with Crippen LogP contribution < -0.4 is 19.3 Å². The second-order valence-corrected chi connectivity index (χ2v) is 10.4. The third kappa shape index (κ3) is 7.21. The highest BCUT2D eigenvalue weighted by atomic mass is 16.5. The van der Waals surface area contributed by atoms with Crippen LogP contribution in [-0.2, 0) is 14.3 Å². The number of nitrogens with one attached hydrogen (secondary N) is 1. The predicted octanol–water partition coefficient (Wildman–Crippen LogP) is 4.11. The van der Waals surface area contributed by atoms with Crippen molar-refractivity contribution in [3.05, 3.63) is 71.8 Å². The Balaban J connectivity index is 1.47. The fourth-order valence-corrected chi connectivity index (χ4v) is 5.12. The maximum absolute atomic E-state index is 11.8. The first-order chi connectivity index (χ1) is 21.2. The largest absolute Gasteiger partial charge is 0.488 e. The highest BCUT2D eigenvalue weighted by molar-refractivity contribution is 5.95. The maximum Gasteiger partial charge on any atom is 0.335 e. The Bertz CT molecular complexity index is 1680. The fourth-order valence-electron chi connectivity index (χ4n) is 5.12. The molecule has 4 aromatic rings. The van der Waals surface area contributed by atoms with Crippen molar-refractivity contribution in [3.63, 3.8) is 0 Å². The zero-order valence-corrected chi connectivity index (χ0v) is 24.1. The number of ether oxygens (including phenoxy) is 3. The van der Waals surface area contributed by atoms with E-state index < -0.39 is 17.9 Å². The first kappa shape index (κ1) is 30.2. The second kappa shape index (κ2) is 13.4. The van der Waals surface area contributed by atoms with Gasteiger partial charge < -0.3 is 44.3 Å². The van der Waals surface area contributed by atoms with E-state index in [1.807, 2.05) is 37.3 Å². The summed E-state index contributed by atoms with van der Waals surface area (Å²) < 4.78 is 18.1. The van der Waals surface area contributed by atoms with Gasteiger partial charge >= 0.3 is 17.9 Å². The molecule has 0 radical (unpaired) electrons. The number of carbonyl (C=O) groups is 3. The number of anilines is 2. The number of hydrogen-bond donors (Lipinski definition) is 4. The summed E-state index contributed by atoms with van der Waals surface area (Å²) in [5.41, 5.74) is 4.45. The quantitative estimate of drug-likeness (QED) is 0.251. The van der Waals surface area contributed by atoms with Gasteiger partial charge in [0, 0.05) is 35.2 Å². The molecule has 5 rings (SSSR count). The molecule has 12 nitrogen and oxygen atoms in total. The molecule has 1 aliphatic rings. The van der Waals surface area contributed by atoms with E-state index in [-0.39, 0.29) is 51.6 Å². The molecule has 3 aromatic carbocycles. The number of aliphatic carboxylic acids is 2. The van der Waals surface area contributed by atoms with Crippen LogP contribution in [-0.4, -0.2) is 90.8 Å². The number of H-pyrrole nitrogens is 1. The lowest BCUT2D eigenvalue weighted by Crippen LogP contribution is -2.35. The van der Waals surface area contributed by atoms with Crippen LogP contribution in [0.4, 0.5) is 11.4 Å². The lowest BCUT2D eigenvalue weighted by Gasteiger charge is -2.26. The van der Waals surface area contributed by atoms with Gasteiger partial charge in [0.15, 0.2) is 0 Å². The number of aromatic carboxylic acids is 1. The smallest absolute Gasteiger partial charge is 0.335 e. The van der Waals surface area contributed by atoms with Crippen LogP contribution in [0.15, 0.2) is 60.7 Å². The fraction of sp³-hybridized carbons (Fsp3) is 0.281. The monoisotopic (exact) mass is 603 g/mol. The molecule has 12 heteroatoms. The summed E-state index contributed by atoms with van der Waals surface area (Å²) in [6, 6.07) is 17.7. The van der Waals surface area contributed by atoms with E-state index in [0.29, 0.717) is 34.9 Å². The van der Waals surface area contributed by atoms with E-state index in [4.69, 9.17) is 14.2 Å². The first-order valence-electron chi connectivity index (χ1n) is 14.1. The van der Waals surface area contributed by atoms with Crippen molar-refractivity contribution in [3.8, 4) is 22.8 Å². The molecule has 44 heavy (non-hydrogen) atoms. The van der Waals surface area contributed by atoms with Gasteiger partial charge in [0.05, 0.1) is 30.2 Å². The van der Waals surface area contributed by atoms with E-state index in [9.17, 15) is 29.7 Å². The van der Waals surface area contributed by atoms with E-state index in [0.717, 1.165) is 22.2 Å². The minimum Gasteiger partial charge on any atom is -0.488 e. The Morgan fingerprint density at radius 2 is 1.36 bits per heavy atom. The first-order valence-corrected chi connectivity index (χ1v) is 14.1. The van der Waals surface area contributed by atoms with Gasteiger partial charge in [-0.3, -0.25) is 9.59 Å². The molecule has 0 aliphatic carbocycles. The average molecular weight is 604 g/mol. The molecule has 0 amide bonds. The Labute approximate surface area is 253 Å². The minimum atomic E-state index is -1.02. The van der Waals surface area contributed by atoms with E-state index in [1.165, 1.54) is 0 Å². The van der Waals surface area contributed by atoms with Crippen LogP contribution in [0, 0.1) is 6.92 Å². The Morgan fingerprint density at radius 1 is 0.750 bits per heavy atom. The molecule has 0 bridgehead atoms. The number of carboxylic acids is 3. The van der Waals surface area contributed by atoms with E-state index in [1.54, 1.807) is 40.1 Å². The number of aromatic amines is 1. The molecule has 1 aromatic heterocycles. The number of aromatic nitrogens is 1. The third-order valence-electron chi connectivity index (χ3n) is 7.20. The van der Waals surface area contributed by atoms with Gasteiger partial charge in [0.2, 0.25) is 0 Å². The highest BCUT2D eigenvalue weighted by Gasteiger charge is 2.20. The lowest BCUT2D eigenvalue weighted by molar-refractivity contribution is -0.136. The van der Waals surface area contributed by atoms with Gasteiger partial charge in [0.1, 0.15) is 37.8 Å². The van der Waals surface area contributed by atoms with Crippen LogP contribution in [0.3, 0.4) is 0 Å². The Hall–Kier alpha value is -5.23. The summed E-state index contributed by atoms with van der Waals surface area (Å²) >= 11 is 0. The summed E-state index contributed by atoms with van der Waals surface area (Å²) in [6.07, 6.45) is 0. The summed E-state index contributed by atoms with van der Waals surface area (Å²) in [5.74, 6) is -2.08. The summed E-state index contributed by atoms with van der Waals surface area (Å²) in [6.45, 7) is 2.59. The summed E-state index contributed by atoms with van der Waals surface area (Å²) in [7, 11) is 0. The number of benzene rings is 3. The number of carboxylic acid groups (broad SMARTS) is 3. The van der Waals surface area contributed by atoms with Gasteiger partial charge in [-0.15, -0.1) is 0 Å². The standard InChI is InChI=1S/C32H33N3O9/c1-20-2-6-26-28(14-20)43-12-13-44-29-17-22(24-15-21-3-4-23(32(40)41)16-25(21)33-24)5-7-27(29)35(19-31(38)39)9-11-42-10-8-34(26)18-30(36)37/h2-7,14-17,33H,8-13,18-19H2,1H3,(H,36,37)(H,38,39)(H,40,41). The van der Waals surface area contributed by atoms with Crippen molar-refractivity contribution in [2.75, 3.05) is 62.4 Å². The number of aryl methyl sites for hydroxylation is 1. The van der Waals surface area contributed by atoms with Crippen LogP contribution in [0.25, 0.3) is 22.2 Å². The molecule has 0 atom stereocenters. The highest BCUT2D eigenvalue weighted by Crippen LogP contribution is 2.35. The van der Waals surface area contributed by atoms with Crippen molar-refractivity contribution < 1.29 is 43.9 Å². The van der Waals surface area contributed by atoms with Gasteiger partial charge in [0.25, 0.3) is 0 Å². The van der Waals surface area contributed by atoms with Crippen LogP contribution >= 0.6 is 0 Å². The molecule has 4 N–H and O–H groups in total. The molecule has 1 aliphatic heterocycles. The number of nitrogens with zero attached hydrogens (tertiary/aromatic N) is 2. The van der Waals surface area contributed by atoms with E-state index in [2.05, 4.69) is 4.98 Å². The minimum absolute atomic E-state index is 0.120. The SMILES string of the molecule is Cc1ccc2c(c1)OCCOc1cc(-c3cc4ccc(C(=O)O)cc4[nH]3)ccc1N(CC(=O)O)CCOCCN2CC(=O)O. The maximum atomic E-state index is 11.8.